The normalized spacial score (nSPS) is 15.3. The number of methoxy groups -OCH3 is 5. The van der Waals surface area contributed by atoms with E-state index in [1.807, 2.05) is 203 Å². The first kappa shape index (κ1) is 104. The molecular formula is C110H114N24O12S4. The summed E-state index contributed by atoms with van der Waals surface area (Å²) in [6.07, 6.45) is 23.0. The van der Waals surface area contributed by atoms with Crippen LogP contribution in [0, 0.1) is 51.2 Å². The fourth-order valence-electron chi connectivity index (χ4n) is 17.8. The van der Waals surface area contributed by atoms with Gasteiger partial charge in [-0.2, -0.15) is 41.4 Å². The third kappa shape index (κ3) is 24.8. The molecule has 0 amide bonds. The second-order valence-corrected chi connectivity index (χ2v) is 47.1. The van der Waals surface area contributed by atoms with Crippen molar-refractivity contribution in [2.75, 3.05) is 167 Å². The van der Waals surface area contributed by atoms with Crippen LogP contribution in [0.25, 0.3) is 66.6 Å². The zero-order valence-corrected chi connectivity index (χ0v) is 87.8. The monoisotopic (exact) mass is 2090 g/mol. The topological polar surface area (TPSA) is 420 Å². The number of pyridine rings is 8. The molecular weight excluding hydrogens is 1980 g/mol. The average molecular weight is 2090 g/mol. The summed E-state index contributed by atoms with van der Waals surface area (Å²) in [6.45, 7) is 13.8. The van der Waals surface area contributed by atoms with Crippen LogP contribution in [0.1, 0.15) is 78.1 Å². The lowest BCUT2D eigenvalue weighted by Gasteiger charge is -2.29. The molecule has 16 aromatic rings. The largest absolute Gasteiger partial charge is 0.497 e. The lowest BCUT2D eigenvalue weighted by molar-refractivity contribution is 0.241. The molecule has 5 fully saturated rings. The number of rotatable bonds is 28. The summed E-state index contributed by atoms with van der Waals surface area (Å²) in [6, 6.07) is 63.1. The minimum Gasteiger partial charge on any atom is -0.497 e. The number of nitriles is 4. The Hall–Kier alpha value is -16.4. The minimum atomic E-state index is -2.27. The minimum absolute atomic E-state index is 0.00380. The van der Waals surface area contributed by atoms with Crippen molar-refractivity contribution in [1.82, 2.24) is 58.4 Å². The number of anilines is 4. The third-order valence-corrected chi connectivity index (χ3v) is 35.4. The molecule has 21 rings (SSSR count). The summed E-state index contributed by atoms with van der Waals surface area (Å²) in [5.41, 5.74) is 15.7. The van der Waals surface area contributed by atoms with Gasteiger partial charge < -0.3 is 57.5 Å². The number of hydrogen-bond acceptors (Lipinski definition) is 32. The number of benzene rings is 4. The Morgan fingerprint density at radius 1 is 0.327 bits per heavy atom. The number of hydrogen-bond donors (Lipinski definition) is 0. The Kier molecular flexibility index (Phi) is 32.3. The Labute approximate surface area is 872 Å². The van der Waals surface area contributed by atoms with E-state index in [1.54, 1.807) is 116 Å². The van der Waals surface area contributed by atoms with E-state index in [1.165, 1.54) is 12.8 Å². The maximum atomic E-state index is 13.3. The van der Waals surface area contributed by atoms with E-state index in [0.717, 1.165) is 130 Å². The molecule has 0 N–H and O–H groups in total. The molecule has 770 valence electrons. The highest BCUT2D eigenvalue weighted by atomic mass is 32.2. The van der Waals surface area contributed by atoms with Gasteiger partial charge in [0.15, 0.2) is 0 Å². The molecule has 0 spiro atoms. The highest BCUT2D eigenvalue weighted by molar-refractivity contribution is 7.94. The molecule has 4 aliphatic heterocycles. The first-order valence-corrected chi connectivity index (χ1v) is 56.6. The molecule has 1 aliphatic carbocycles. The summed E-state index contributed by atoms with van der Waals surface area (Å²) in [4.78, 5) is 27.4. The number of ether oxygens (including phenoxy) is 8. The summed E-state index contributed by atoms with van der Waals surface area (Å²) in [5.74, 6) is 13.9. The standard InChI is InChI=1S/C29H30N6O3S.C28H30N6O3S.C27H28N6O3S.C26H26N6O3S/c1-37-25-7-4-21(5-8-25)16-33-39(36)12-10-34(11-13-39)28-9-6-23(17-31-28)27-14-26(38-20-22-2-3-22)19-35-29(27)24(15-30)18-32-35;1-20(2)37-25-14-26(28-23(15-29)18-31-34(28)19-25)22-6-9-27(30-17-22)33-10-12-38(35,13-11-33)32-16-21-4-7-24(36-3)8-5-21;1-3-36-24-14-25(27-22(15-28)18-30-33(27)19-24)21-6-9-26(29-17-21)32-10-12-37(34,13-11-32)31-16-20-4-7-23(35-2)8-5-20;1-34-22-6-3-19(4-7-22)15-30-36(33)11-9-31(10-12-36)25-8-5-20(16-28-25)24-13-23(35-2)18-32-26(24)21(14-27)17-29-32/h4-9,14,17-19,22H,2-3,10-13,16,20H2,1H3;4-9,14,17-20H,10-13,16H2,1-3H3;4-9,14,17-19H,3,10-13,16H2,1-2H3;3-8,13,16-18H,9-12,15H2,1-2H3. The van der Waals surface area contributed by atoms with E-state index in [0.29, 0.717) is 194 Å². The maximum Gasteiger partial charge on any atom is 0.138 e. The number of nitrogens with zero attached hydrogens (tertiary/aromatic N) is 24. The molecule has 36 nitrogen and oxygen atoms in total. The average Bonchev–Trinajstić information content (AvgIpc) is 1.61. The first-order valence-electron chi connectivity index (χ1n) is 49.2. The number of aromatic nitrogens is 12. The van der Waals surface area contributed by atoms with Gasteiger partial charge in [0.05, 0.1) is 214 Å². The van der Waals surface area contributed by atoms with Crippen molar-refractivity contribution in [3.8, 4) is 115 Å². The second-order valence-electron chi connectivity index (χ2n) is 36.6. The van der Waals surface area contributed by atoms with E-state index in [2.05, 4.69) is 86.7 Å². The molecule has 16 heterocycles. The van der Waals surface area contributed by atoms with E-state index in [4.69, 9.17) is 52.8 Å². The SMILES string of the molecule is CCOc1cc(-c2ccc(N3CCS(=O)(=NCc4ccc(OC)cc4)CC3)nc2)c2c(C#N)cnn2c1.COc1ccc(CN=S2(=O)CCN(c3ccc(-c4cc(OC(C)C)cn5ncc(C#N)c45)cn3)CC2)cc1.COc1ccc(CN=S2(=O)CCN(c3ccc(-c4cc(OC)cn5ncc(C#N)c45)cn3)CC2)cc1.COc1ccc(CN=S2(=O)CCN(c3ccc(-c4cc(OCC5CC5)cn5ncc(C#N)c45)cn3)CC2)cc1. The van der Waals surface area contributed by atoms with Crippen LogP contribution in [0.4, 0.5) is 23.3 Å². The quantitative estimate of drug-likeness (QED) is 0.0439. The van der Waals surface area contributed by atoms with Crippen molar-refractivity contribution >= 4 is 84.3 Å². The van der Waals surface area contributed by atoms with Crippen molar-refractivity contribution in [1.29, 1.82) is 21.0 Å². The molecule has 4 aromatic carbocycles. The zero-order valence-electron chi connectivity index (χ0n) is 84.5. The summed E-state index contributed by atoms with van der Waals surface area (Å²) < 4.78 is 122. The van der Waals surface area contributed by atoms with Crippen LogP contribution in [0.5, 0.6) is 46.0 Å². The predicted molar refractivity (Wildman–Crippen MR) is 581 cm³/mol. The van der Waals surface area contributed by atoms with Gasteiger partial charge in [-0.15, -0.1) is 0 Å². The van der Waals surface area contributed by atoms with Crippen molar-refractivity contribution in [3.63, 3.8) is 0 Å². The van der Waals surface area contributed by atoms with E-state index in [-0.39, 0.29) is 6.10 Å². The molecule has 0 radical (unpaired) electrons. The molecule has 0 bridgehead atoms. The Morgan fingerprint density at radius 2 is 0.573 bits per heavy atom. The van der Waals surface area contributed by atoms with Gasteiger partial charge >= 0.3 is 0 Å². The fraction of sp³-hybridized carbons (Fsp3) is 0.309. The lowest BCUT2D eigenvalue weighted by atomic mass is 10.1. The lowest BCUT2D eigenvalue weighted by Crippen LogP contribution is -2.40. The molecule has 0 atom stereocenters. The summed E-state index contributed by atoms with van der Waals surface area (Å²) in [5, 5.41) is 55.6. The Bertz CT molecular complexity index is 8240. The van der Waals surface area contributed by atoms with Crippen LogP contribution < -0.4 is 57.5 Å². The molecule has 5 aliphatic rings. The van der Waals surface area contributed by atoms with Crippen LogP contribution in [0.3, 0.4) is 0 Å². The van der Waals surface area contributed by atoms with Crippen LogP contribution >= 0.6 is 0 Å². The smallest absolute Gasteiger partial charge is 0.138 e. The fourth-order valence-corrected chi connectivity index (χ4v) is 25.2. The Balaban J connectivity index is 0.000000131. The van der Waals surface area contributed by atoms with Crippen LogP contribution in [-0.2, 0) is 65.1 Å². The van der Waals surface area contributed by atoms with Crippen molar-refractivity contribution in [2.24, 2.45) is 23.4 Å². The highest BCUT2D eigenvalue weighted by Crippen LogP contribution is 2.39. The van der Waals surface area contributed by atoms with Gasteiger partial charge in [-0.3, -0.25) is 0 Å². The van der Waals surface area contributed by atoms with Crippen LogP contribution in [-0.4, -0.2) is 228 Å². The van der Waals surface area contributed by atoms with E-state index < -0.39 is 38.9 Å². The first-order chi connectivity index (χ1) is 72.9. The molecule has 4 saturated heterocycles. The van der Waals surface area contributed by atoms with Crippen molar-refractivity contribution < 1.29 is 54.7 Å². The van der Waals surface area contributed by atoms with E-state index >= 15 is 0 Å². The van der Waals surface area contributed by atoms with Gasteiger partial charge in [-0.25, -0.2) is 72.3 Å². The Morgan fingerprint density at radius 3 is 0.807 bits per heavy atom. The zero-order chi connectivity index (χ0) is 104. The number of fused-ring (bicyclic) bond motifs is 4. The van der Waals surface area contributed by atoms with Gasteiger partial charge in [-0.05, 0) is 183 Å². The van der Waals surface area contributed by atoms with E-state index in [9.17, 15) is 37.9 Å². The van der Waals surface area contributed by atoms with Gasteiger partial charge in [-0.1, -0.05) is 48.5 Å². The summed E-state index contributed by atoms with van der Waals surface area (Å²) >= 11 is 0. The summed E-state index contributed by atoms with van der Waals surface area (Å²) in [7, 11) is -0.916. The van der Waals surface area contributed by atoms with Crippen LogP contribution in [0.15, 0.2) is 262 Å². The molecule has 0 unspecified atom stereocenters. The third-order valence-electron chi connectivity index (χ3n) is 26.5. The van der Waals surface area contributed by atoms with Gasteiger partial charge in [0.25, 0.3) is 0 Å². The van der Waals surface area contributed by atoms with Crippen LogP contribution in [0.2, 0.25) is 0 Å². The molecule has 40 heteroatoms. The van der Waals surface area contributed by atoms with Crippen molar-refractivity contribution in [2.45, 2.75) is 65.9 Å². The van der Waals surface area contributed by atoms with Gasteiger partial charge in [0, 0.05) is 168 Å². The van der Waals surface area contributed by atoms with Gasteiger partial charge in [0.1, 0.15) is 93.5 Å². The highest BCUT2D eigenvalue weighted by Gasteiger charge is 2.30. The second kappa shape index (κ2) is 46.8. The van der Waals surface area contributed by atoms with Crippen molar-refractivity contribution in [3.05, 3.63) is 289 Å². The predicted octanol–water partition coefficient (Wildman–Crippen LogP) is 17.0. The van der Waals surface area contributed by atoms with Gasteiger partial charge in [0.2, 0.25) is 0 Å². The molecule has 1 saturated carbocycles. The molecule has 150 heavy (non-hydrogen) atoms. The maximum absolute atomic E-state index is 13.3. The molecule has 12 aromatic heterocycles.